The molecule has 3 aromatic rings. The Kier molecular flexibility index (Phi) is 6.78. The van der Waals surface area contributed by atoms with Gasteiger partial charge in [0.2, 0.25) is 10.0 Å². The van der Waals surface area contributed by atoms with Crippen molar-refractivity contribution in [2.45, 2.75) is 51.1 Å². The van der Waals surface area contributed by atoms with Crippen molar-refractivity contribution in [2.24, 2.45) is 0 Å². The van der Waals surface area contributed by atoms with E-state index in [1.807, 2.05) is 51.1 Å². The van der Waals surface area contributed by atoms with Crippen molar-refractivity contribution < 1.29 is 17.9 Å². The molecule has 1 fully saturated rings. The fraction of sp³-hybridized carbons (Fsp3) is 0.348. The number of ether oxygens (including phenoxy) is 1. The van der Waals surface area contributed by atoms with Crippen LogP contribution in [0.1, 0.15) is 44.1 Å². The normalized spacial score (nSPS) is 14.8. The number of benzene rings is 1. The molecule has 8 nitrogen and oxygen atoms in total. The van der Waals surface area contributed by atoms with Gasteiger partial charge in [-0.05, 0) is 62.9 Å². The smallest absolute Gasteiger partial charge is 0.259 e. The maximum atomic E-state index is 13.0. The van der Waals surface area contributed by atoms with Crippen LogP contribution in [0.3, 0.4) is 0 Å². The molecular weight excluding hydrogens is 460 g/mol. The lowest BCUT2D eigenvalue weighted by Gasteiger charge is -2.18. The topological polar surface area (TPSA) is 110 Å². The second-order valence-electron chi connectivity index (χ2n) is 8.31. The van der Waals surface area contributed by atoms with Crippen molar-refractivity contribution in [1.29, 1.82) is 0 Å². The number of pyridine rings is 1. The van der Waals surface area contributed by atoms with E-state index < -0.39 is 16.1 Å². The number of carbonyl (C=O) groups excluding carboxylic acids is 1. The Morgan fingerprint density at radius 1 is 1.15 bits per heavy atom. The summed E-state index contributed by atoms with van der Waals surface area (Å²) in [6.07, 6.45) is 3.71. The van der Waals surface area contributed by atoms with Gasteiger partial charge in [0.05, 0.1) is 17.0 Å². The summed E-state index contributed by atoms with van der Waals surface area (Å²) >= 11 is 1.13. The van der Waals surface area contributed by atoms with E-state index >= 15 is 0 Å². The molecule has 0 saturated heterocycles. The first kappa shape index (κ1) is 23.3. The Labute approximate surface area is 197 Å². The molecule has 2 N–H and O–H groups in total. The number of aromatic nitrogens is 2. The molecule has 0 radical (unpaired) electrons. The Morgan fingerprint density at radius 2 is 1.88 bits per heavy atom. The first-order valence-electron chi connectivity index (χ1n) is 10.7. The molecule has 4 rings (SSSR count). The molecule has 1 aromatic carbocycles. The monoisotopic (exact) mass is 486 g/mol. The summed E-state index contributed by atoms with van der Waals surface area (Å²) in [5.41, 5.74) is 4.04. The summed E-state index contributed by atoms with van der Waals surface area (Å²) in [5.74, 6) is -0.379. The molecule has 1 saturated carbocycles. The fourth-order valence-electron chi connectivity index (χ4n) is 3.24. The lowest BCUT2D eigenvalue weighted by molar-refractivity contribution is -0.130. The Bertz CT molecular complexity index is 1240. The number of nitrogens with one attached hydrogen (secondary N) is 2. The number of sulfonamides is 1. The van der Waals surface area contributed by atoms with Gasteiger partial charge in [-0.1, -0.05) is 12.1 Å². The Hall–Kier alpha value is -2.82. The van der Waals surface area contributed by atoms with Gasteiger partial charge in [0, 0.05) is 29.0 Å². The number of hydrogen-bond acceptors (Lipinski definition) is 7. The number of anilines is 2. The minimum absolute atomic E-state index is 0.231. The molecule has 1 amide bonds. The van der Waals surface area contributed by atoms with Crippen molar-refractivity contribution in [1.82, 2.24) is 9.97 Å². The first-order chi connectivity index (χ1) is 15.7. The predicted molar refractivity (Wildman–Crippen MR) is 130 cm³/mol. The molecule has 1 atom stereocenters. The predicted octanol–water partition coefficient (Wildman–Crippen LogP) is 4.52. The molecular formula is C23H26N4O4S2. The molecule has 33 heavy (non-hydrogen) atoms. The number of aryl methyl sites for hydroxylation is 1. The third-order valence-corrected chi connectivity index (χ3v) is 7.72. The summed E-state index contributed by atoms with van der Waals surface area (Å²) < 4.78 is 32.7. The minimum atomic E-state index is -3.42. The molecule has 0 bridgehead atoms. The highest BCUT2D eigenvalue weighted by Gasteiger charge is 2.36. The lowest BCUT2D eigenvalue weighted by Crippen LogP contribution is -2.26. The van der Waals surface area contributed by atoms with E-state index in [1.165, 1.54) is 0 Å². The highest BCUT2D eigenvalue weighted by atomic mass is 32.2. The van der Waals surface area contributed by atoms with Crippen LogP contribution in [-0.4, -0.2) is 35.6 Å². The van der Waals surface area contributed by atoms with Gasteiger partial charge in [-0.3, -0.25) is 14.5 Å². The maximum Gasteiger partial charge on any atom is 0.259 e. The fourth-order valence-corrected chi connectivity index (χ4v) is 5.56. The van der Waals surface area contributed by atoms with Crippen LogP contribution < -0.4 is 10.0 Å². The largest absolute Gasteiger partial charge is 0.359 e. The van der Waals surface area contributed by atoms with Crippen molar-refractivity contribution >= 4 is 38.1 Å². The van der Waals surface area contributed by atoms with Gasteiger partial charge in [-0.25, -0.2) is 13.4 Å². The first-order valence-corrected chi connectivity index (χ1v) is 13.1. The molecule has 2 aromatic heterocycles. The van der Waals surface area contributed by atoms with Crippen LogP contribution in [0.25, 0.3) is 11.1 Å². The van der Waals surface area contributed by atoms with Crippen molar-refractivity contribution in [3.8, 4) is 11.1 Å². The van der Waals surface area contributed by atoms with Crippen molar-refractivity contribution in [3.05, 3.63) is 59.4 Å². The highest BCUT2D eigenvalue weighted by Crippen LogP contribution is 2.32. The number of nitrogens with zero attached hydrogens (tertiary/aromatic N) is 2. The van der Waals surface area contributed by atoms with E-state index in [0.717, 1.165) is 28.0 Å². The van der Waals surface area contributed by atoms with Gasteiger partial charge in [0.1, 0.15) is 0 Å². The van der Waals surface area contributed by atoms with Crippen LogP contribution in [0, 0.1) is 6.92 Å². The van der Waals surface area contributed by atoms with E-state index in [0.29, 0.717) is 24.2 Å². The minimum Gasteiger partial charge on any atom is -0.359 e. The van der Waals surface area contributed by atoms with Crippen LogP contribution in [0.15, 0.2) is 48.1 Å². The summed E-state index contributed by atoms with van der Waals surface area (Å²) in [6.45, 7) is 5.64. The van der Waals surface area contributed by atoms with Gasteiger partial charge < -0.3 is 10.1 Å². The molecule has 1 aliphatic rings. The van der Waals surface area contributed by atoms with Crippen LogP contribution in [0.5, 0.6) is 0 Å². The van der Waals surface area contributed by atoms with E-state index in [9.17, 15) is 13.2 Å². The van der Waals surface area contributed by atoms with Gasteiger partial charge >= 0.3 is 0 Å². The molecule has 1 aliphatic carbocycles. The maximum absolute atomic E-state index is 13.0. The average molecular weight is 487 g/mol. The van der Waals surface area contributed by atoms with E-state index in [2.05, 4.69) is 20.0 Å². The molecule has 0 spiro atoms. The van der Waals surface area contributed by atoms with Gasteiger partial charge in [-0.15, -0.1) is 11.3 Å². The molecule has 2 heterocycles. The zero-order valence-electron chi connectivity index (χ0n) is 18.6. The van der Waals surface area contributed by atoms with E-state index in [1.54, 1.807) is 17.8 Å². The molecule has 10 heteroatoms. The number of hydrogen-bond donors (Lipinski definition) is 2. The van der Waals surface area contributed by atoms with Gasteiger partial charge in [-0.2, -0.15) is 0 Å². The standard InChI is InChI=1S/C23H26N4O4S2/c1-14(2)31-21(20-13-32-23(26-20)27-33(29,30)19-8-9-19)22(28)25-18-6-4-16(5-7-18)17-10-15(3)11-24-12-17/h4-7,10-14,19,21H,8-9H2,1-3H3,(H,25,28)(H,26,27). The van der Waals surface area contributed by atoms with Gasteiger partial charge in [0.15, 0.2) is 11.2 Å². The van der Waals surface area contributed by atoms with Crippen molar-refractivity contribution in [3.63, 3.8) is 0 Å². The van der Waals surface area contributed by atoms with E-state index in [4.69, 9.17) is 4.74 Å². The summed E-state index contributed by atoms with van der Waals surface area (Å²) in [5, 5.41) is 4.39. The molecule has 1 unspecified atom stereocenters. The summed E-state index contributed by atoms with van der Waals surface area (Å²) in [7, 11) is -3.42. The summed E-state index contributed by atoms with van der Waals surface area (Å²) in [6, 6.07) is 9.51. The van der Waals surface area contributed by atoms with Crippen LogP contribution in [0.4, 0.5) is 10.8 Å². The SMILES string of the molecule is Cc1cncc(-c2ccc(NC(=O)C(OC(C)C)c3csc(NS(=O)(=O)C4CC4)n3)cc2)c1. The van der Waals surface area contributed by atoms with Crippen molar-refractivity contribution in [2.75, 3.05) is 10.0 Å². The number of amides is 1. The van der Waals surface area contributed by atoms with Gasteiger partial charge in [0.25, 0.3) is 5.91 Å². The Morgan fingerprint density at radius 3 is 2.52 bits per heavy atom. The molecule has 174 valence electrons. The number of carbonyl (C=O) groups is 1. The summed E-state index contributed by atoms with van der Waals surface area (Å²) in [4.78, 5) is 21.6. The number of rotatable bonds is 9. The second-order valence-corrected chi connectivity index (χ2v) is 11.1. The zero-order valence-corrected chi connectivity index (χ0v) is 20.2. The second kappa shape index (κ2) is 9.58. The van der Waals surface area contributed by atoms with Crippen LogP contribution in [0.2, 0.25) is 0 Å². The van der Waals surface area contributed by atoms with Crippen LogP contribution >= 0.6 is 11.3 Å². The molecule has 0 aliphatic heterocycles. The quantitative estimate of drug-likeness (QED) is 0.460. The average Bonchev–Trinajstić information content (AvgIpc) is 3.54. The highest BCUT2D eigenvalue weighted by molar-refractivity contribution is 7.93. The Balaban J connectivity index is 1.48. The third-order valence-electron chi connectivity index (χ3n) is 4.99. The third kappa shape index (κ3) is 5.95. The van der Waals surface area contributed by atoms with E-state index in [-0.39, 0.29) is 22.4 Å². The lowest BCUT2D eigenvalue weighted by atomic mass is 10.1. The number of thiazole rings is 1. The van der Waals surface area contributed by atoms with Crippen LogP contribution in [-0.2, 0) is 19.6 Å². The zero-order chi connectivity index (χ0) is 23.6.